The van der Waals surface area contributed by atoms with Crippen molar-refractivity contribution < 1.29 is 9.47 Å². The maximum absolute atomic E-state index is 6.28. The molecule has 1 saturated heterocycles. The van der Waals surface area contributed by atoms with Crippen LogP contribution in [0.3, 0.4) is 0 Å². The second kappa shape index (κ2) is 3.60. The maximum atomic E-state index is 6.28. The van der Waals surface area contributed by atoms with Gasteiger partial charge in [0.15, 0.2) is 5.79 Å². The third-order valence-corrected chi connectivity index (χ3v) is 3.98. The third kappa shape index (κ3) is 1.74. The van der Waals surface area contributed by atoms with Crippen LogP contribution in [0.25, 0.3) is 0 Å². The molecule has 3 aliphatic rings. The van der Waals surface area contributed by atoms with Gasteiger partial charge in [0.1, 0.15) is 0 Å². The van der Waals surface area contributed by atoms with E-state index in [-0.39, 0.29) is 11.4 Å². The second-order valence-electron chi connectivity index (χ2n) is 5.18. The van der Waals surface area contributed by atoms with Gasteiger partial charge < -0.3 is 9.47 Å². The zero-order valence-corrected chi connectivity index (χ0v) is 9.34. The molecule has 0 aromatic heterocycles. The van der Waals surface area contributed by atoms with Crippen LogP contribution in [0.5, 0.6) is 0 Å². The van der Waals surface area contributed by atoms with Crippen LogP contribution < -0.4 is 0 Å². The van der Waals surface area contributed by atoms with E-state index in [9.17, 15) is 0 Å². The fourth-order valence-electron chi connectivity index (χ4n) is 3.11. The number of ether oxygens (including phenoxy) is 2. The molecule has 2 heterocycles. The molecule has 0 radical (unpaired) electrons. The van der Waals surface area contributed by atoms with Crippen LogP contribution in [0.2, 0.25) is 0 Å². The van der Waals surface area contributed by atoms with Crippen LogP contribution in [0, 0.1) is 0 Å². The van der Waals surface area contributed by atoms with E-state index >= 15 is 0 Å². The van der Waals surface area contributed by atoms with Crippen molar-refractivity contribution in [2.45, 2.75) is 62.8 Å². The summed E-state index contributed by atoms with van der Waals surface area (Å²) in [4.78, 5) is 0. The monoisotopic (exact) mass is 208 g/mol. The Labute approximate surface area is 91.6 Å². The molecule has 0 unspecified atom stereocenters. The summed E-state index contributed by atoms with van der Waals surface area (Å²) in [6.07, 6.45) is 14.3. The fraction of sp³-hybridized carbons (Fsp3) is 0.846. The first-order chi connectivity index (χ1) is 7.33. The molecule has 2 aliphatic heterocycles. The molecule has 1 aliphatic carbocycles. The third-order valence-electron chi connectivity index (χ3n) is 3.98. The van der Waals surface area contributed by atoms with E-state index in [1.54, 1.807) is 0 Å². The van der Waals surface area contributed by atoms with Gasteiger partial charge in [-0.05, 0) is 31.8 Å². The molecule has 3 rings (SSSR count). The summed E-state index contributed by atoms with van der Waals surface area (Å²) in [6, 6.07) is 0. The Hall–Kier alpha value is -0.340. The zero-order chi connectivity index (χ0) is 10.2. The lowest BCUT2D eigenvalue weighted by Gasteiger charge is -2.39. The van der Waals surface area contributed by atoms with Crippen molar-refractivity contribution in [2.24, 2.45) is 0 Å². The van der Waals surface area contributed by atoms with E-state index in [0.29, 0.717) is 0 Å². The molecular formula is C13H20O2. The van der Waals surface area contributed by atoms with E-state index in [0.717, 1.165) is 13.0 Å². The number of hydrogen-bond donors (Lipinski definition) is 0. The molecule has 0 aromatic carbocycles. The van der Waals surface area contributed by atoms with Crippen molar-refractivity contribution in [1.29, 1.82) is 0 Å². The average molecular weight is 208 g/mol. The smallest absolute Gasteiger partial charge is 0.188 e. The van der Waals surface area contributed by atoms with E-state index in [1.807, 2.05) is 0 Å². The number of rotatable bonds is 0. The largest absolute Gasteiger partial charge is 0.346 e. The van der Waals surface area contributed by atoms with Gasteiger partial charge >= 0.3 is 0 Å². The van der Waals surface area contributed by atoms with Gasteiger partial charge in [-0.25, -0.2) is 0 Å². The van der Waals surface area contributed by atoms with Gasteiger partial charge in [0.2, 0.25) is 0 Å². The highest BCUT2D eigenvalue weighted by Gasteiger charge is 2.46. The molecule has 2 nitrogen and oxygen atoms in total. The highest BCUT2D eigenvalue weighted by Crippen LogP contribution is 2.44. The number of hydrogen-bond acceptors (Lipinski definition) is 2. The first kappa shape index (κ1) is 9.86. The van der Waals surface area contributed by atoms with E-state index in [4.69, 9.17) is 9.47 Å². The summed E-state index contributed by atoms with van der Waals surface area (Å²) >= 11 is 0. The Bertz CT molecular complexity index is 232. The Morgan fingerprint density at radius 2 is 1.60 bits per heavy atom. The first-order valence-corrected chi connectivity index (χ1v) is 6.37. The Kier molecular flexibility index (Phi) is 2.37. The highest BCUT2D eigenvalue weighted by molar-refractivity contribution is 5.16. The summed E-state index contributed by atoms with van der Waals surface area (Å²) in [5.41, 5.74) is 0.0373. The van der Waals surface area contributed by atoms with Crippen LogP contribution in [-0.4, -0.2) is 18.0 Å². The molecule has 15 heavy (non-hydrogen) atoms. The van der Waals surface area contributed by atoms with Crippen molar-refractivity contribution in [1.82, 2.24) is 0 Å². The maximum Gasteiger partial charge on any atom is 0.188 e. The standard InChI is InChI=1S/C13H20O2/c1-2-6-12(7-3-1)9-10-13(15-12)8-4-5-11-14-13/h9-10H,1-8,11H2/t13-/m1/s1. The van der Waals surface area contributed by atoms with Gasteiger partial charge in [-0.3, -0.25) is 0 Å². The predicted octanol–water partition coefficient (Wildman–Crippen LogP) is 3.17. The Morgan fingerprint density at radius 3 is 2.33 bits per heavy atom. The topological polar surface area (TPSA) is 18.5 Å². The second-order valence-corrected chi connectivity index (χ2v) is 5.18. The van der Waals surface area contributed by atoms with Crippen molar-refractivity contribution in [3.05, 3.63) is 12.2 Å². The van der Waals surface area contributed by atoms with Crippen molar-refractivity contribution >= 4 is 0 Å². The minimum atomic E-state index is -0.338. The Morgan fingerprint density at radius 1 is 0.800 bits per heavy atom. The highest BCUT2D eigenvalue weighted by atomic mass is 16.7. The molecule has 2 heteroatoms. The summed E-state index contributed by atoms with van der Waals surface area (Å²) in [5.74, 6) is -0.338. The van der Waals surface area contributed by atoms with E-state index < -0.39 is 0 Å². The zero-order valence-electron chi connectivity index (χ0n) is 9.34. The van der Waals surface area contributed by atoms with Crippen molar-refractivity contribution in [3.8, 4) is 0 Å². The molecule has 0 aromatic rings. The van der Waals surface area contributed by atoms with Crippen LogP contribution in [0.1, 0.15) is 51.4 Å². The van der Waals surface area contributed by atoms with Gasteiger partial charge in [0, 0.05) is 6.42 Å². The lowest BCUT2D eigenvalue weighted by atomic mass is 9.85. The van der Waals surface area contributed by atoms with Gasteiger partial charge in [0.25, 0.3) is 0 Å². The lowest BCUT2D eigenvalue weighted by molar-refractivity contribution is -0.256. The summed E-state index contributed by atoms with van der Waals surface area (Å²) in [5, 5.41) is 0. The molecule has 2 fully saturated rings. The van der Waals surface area contributed by atoms with Gasteiger partial charge in [0.05, 0.1) is 12.2 Å². The van der Waals surface area contributed by atoms with Crippen molar-refractivity contribution in [2.75, 3.05) is 6.61 Å². The SMILES string of the molecule is C1=C[C@@]2(CCCCO2)OC12CCCCC2. The molecule has 0 amide bonds. The Balaban J connectivity index is 1.74. The molecule has 1 saturated carbocycles. The molecule has 0 N–H and O–H groups in total. The molecular weight excluding hydrogens is 188 g/mol. The van der Waals surface area contributed by atoms with Crippen LogP contribution in [0.4, 0.5) is 0 Å². The van der Waals surface area contributed by atoms with Gasteiger partial charge in [-0.2, -0.15) is 0 Å². The van der Waals surface area contributed by atoms with Crippen LogP contribution in [-0.2, 0) is 9.47 Å². The van der Waals surface area contributed by atoms with Crippen LogP contribution >= 0.6 is 0 Å². The van der Waals surface area contributed by atoms with E-state index in [2.05, 4.69) is 12.2 Å². The predicted molar refractivity (Wildman–Crippen MR) is 58.6 cm³/mol. The minimum absolute atomic E-state index is 0.0373. The molecule has 2 spiro atoms. The lowest BCUT2D eigenvalue weighted by Crippen LogP contribution is -2.42. The molecule has 1 atom stereocenters. The van der Waals surface area contributed by atoms with E-state index in [1.165, 1.54) is 44.9 Å². The quantitative estimate of drug-likeness (QED) is 0.569. The molecule has 0 bridgehead atoms. The summed E-state index contributed by atoms with van der Waals surface area (Å²) < 4.78 is 12.1. The summed E-state index contributed by atoms with van der Waals surface area (Å²) in [6.45, 7) is 0.862. The van der Waals surface area contributed by atoms with Crippen LogP contribution in [0.15, 0.2) is 12.2 Å². The first-order valence-electron chi connectivity index (χ1n) is 6.37. The molecule has 84 valence electrons. The van der Waals surface area contributed by atoms with Gasteiger partial charge in [-0.1, -0.05) is 25.3 Å². The fourth-order valence-corrected chi connectivity index (χ4v) is 3.11. The average Bonchev–Trinajstić information content (AvgIpc) is 2.60. The van der Waals surface area contributed by atoms with Gasteiger partial charge in [-0.15, -0.1) is 0 Å². The van der Waals surface area contributed by atoms with Crippen molar-refractivity contribution in [3.63, 3.8) is 0 Å². The minimum Gasteiger partial charge on any atom is -0.346 e. The summed E-state index contributed by atoms with van der Waals surface area (Å²) in [7, 11) is 0. The normalized spacial score (nSPS) is 38.9.